The van der Waals surface area contributed by atoms with Gasteiger partial charge in [-0.05, 0) is 13.8 Å². The fourth-order valence-electron chi connectivity index (χ4n) is 4.13. The van der Waals surface area contributed by atoms with E-state index < -0.39 is 47.7 Å². The van der Waals surface area contributed by atoms with Crippen molar-refractivity contribution in [1.29, 1.82) is 0 Å². The highest BCUT2D eigenvalue weighted by atomic mass is 32.2. The molecule has 4 heterocycles. The number of rotatable bonds is 8. The van der Waals surface area contributed by atoms with Gasteiger partial charge in [0.2, 0.25) is 0 Å². The van der Waals surface area contributed by atoms with Crippen LogP contribution in [-0.2, 0) is 14.2 Å². The van der Waals surface area contributed by atoms with Crippen LogP contribution >= 0.6 is 11.8 Å². The molecule has 0 aliphatic carbocycles. The zero-order chi connectivity index (χ0) is 25.3. The largest absolute Gasteiger partial charge is 0.394 e. The molecule has 14 heteroatoms. The summed E-state index contributed by atoms with van der Waals surface area (Å²) in [5.41, 5.74) is 5.11. The maximum absolute atomic E-state index is 12.2. The lowest BCUT2D eigenvalue weighted by Gasteiger charge is -2.18. The number of ether oxygens (including phenoxy) is 3. The average Bonchev–Trinajstić information content (AvgIpc) is 3.39. The van der Waals surface area contributed by atoms with Crippen LogP contribution in [0.3, 0.4) is 0 Å². The molecule has 0 saturated carbocycles. The first-order chi connectivity index (χ1) is 16.7. The second kappa shape index (κ2) is 10.6. The predicted octanol–water partition coefficient (Wildman–Crippen LogP) is -1.00. The molecule has 192 valence electrons. The van der Waals surface area contributed by atoms with Gasteiger partial charge in [-0.3, -0.25) is 18.9 Å². The van der Waals surface area contributed by atoms with Crippen LogP contribution < -0.4 is 22.7 Å². The van der Waals surface area contributed by atoms with Gasteiger partial charge >= 0.3 is 11.4 Å². The highest BCUT2D eigenvalue weighted by molar-refractivity contribution is 7.99. The van der Waals surface area contributed by atoms with Gasteiger partial charge in [0.25, 0.3) is 5.56 Å². The van der Waals surface area contributed by atoms with Crippen molar-refractivity contribution in [2.45, 2.75) is 62.7 Å². The first kappa shape index (κ1) is 25.6. The number of aliphatic hydroxyl groups is 2. The number of aliphatic hydroxyl groups excluding tert-OH is 2. The number of anilines is 1. The number of nitrogen functional groups attached to an aromatic ring is 1. The summed E-state index contributed by atoms with van der Waals surface area (Å²) in [6.45, 7) is 3.19. The molecule has 0 spiro atoms. The molecule has 0 unspecified atom stereocenters. The van der Waals surface area contributed by atoms with Crippen molar-refractivity contribution in [1.82, 2.24) is 19.1 Å². The molecule has 2 aromatic heterocycles. The van der Waals surface area contributed by atoms with Crippen molar-refractivity contribution in [3.63, 3.8) is 0 Å². The first-order valence-corrected chi connectivity index (χ1v) is 12.2. The van der Waals surface area contributed by atoms with Crippen molar-refractivity contribution in [2.24, 2.45) is 0 Å². The lowest BCUT2D eigenvalue weighted by atomic mass is 10.2. The summed E-state index contributed by atoms with van der Waals surface area (Å²) in [6.07, 6.45) is 0.384. The molecule has 2 aliphatic heterocycles. The van der Waals surface area contributed by atoms with Crippen LogP contribution in [0, 0.1) is 13.8 Å². The number of nitrogens with one attached hydrogen (secondary N) is 1. The van der Waals surface area contributed by atoms with Crippen molar-refractivity contribution in [3.8, 4) is 0 Å². The van der Waals surface area contributed by atoms with Gasteiger partial charge in [0, 0.05) is 41.6 Å². The number of thioether (sulfide) groups is 1. The molecule has 35 heavy (non-hydrogen) atoms. The summed E-state index contributed by atoms with van der Waals surface area (Å²) in [5.74, 6) is 0.387. The molecule has 0 bridgehead atoms. The quantitative estimate of drug-likeness (QED) is 0.252. The minimum Gasteiger partial charge on any atom is -0.394 e. The number of aromatic nitrogens is 4. The standard InChI is InChI=1S/C21H29N5O8S/c1-10-5-25(20(30)23-18(10)22)16-3-12(28)14(34-16)8-32-9-35-15-4-17(33-13(15)7-27)26-6-11(2)19(29)24-21(26)31/h5-6,12-17,27-28H,3-4,7-9H2,1-2H3,(H2,22,23,30)(H,24,29,31)/t12-,13+,14+,15-,16+,17+/m0/s1. The van der Waals surface area contributed by atoms with Crippen LogP contribution in [-0.4, -0.2) is 72.0 Å². The predicted molar refractivity (Wildman–Crippen MR) is 126 cm³/mol. The van der Waals surface area contributed by atoms with E-state index in [-0.39, 0.29) is 36.6 Å². The summed E-state index contributed by atoms with van der Waals surface area (Å²) in [4.78, 5) is 42.0. The van der Waals surface area contributed by atoms with Gasteiger partial charge in [-0.15, -0.1) is 11.8 Å². The van der Waals surface area contributed by atoms with Gasteiger partial charge in [0.15, 0.2) is 0 Å². The molecular weight excluding hydrogens is 482 g/mol. The molecular formula is C21H29N5O8S. The van der Waals surface area contributed by atoms with Gasteiger partial charge in [0.1, 0.15) is 24.4 Å². The van der Waals surface area contributed by atoms with Gasteiger partial charge in [-0.25, -0.2) is 9.59 Å². The third-order valence-electron chi connectivity index (χ3n) is 6.15. The average molecular weight is 512 g/mol. The molecule has 6 atom stereocenters. The number of nitrogens with two attached hydrogens (primary N) is 1. The molecule has 2 fully saturated rings. The maximum Gasteiger partial charge on any atom is 0.351 e. The number of hydrogen-bond donors (Lipinski definition) is 4. The molecule has 0 radical (unpaired) electrons. The first-order valence-electron chi connectivity index (χ1n) is 11.1. The van der Waals surface area contributed by atoms with Crippen LogP contribution in [0.4, 0.5) is 5.82 Å². The SMILES string of the molecule is Cc1cn([C@H]2C[C@H](O)[C@@H](COCS[C@H]3C[C@H](n4cc(C)c(=O)[nH]c4=O)O[C@@H]3CO)O2)c(=O)nc1N. The lowest BCUT2D eigenvalue weighted by molar-refractivity contribution is -0.0568. The third kappa shape index (κ3) is 5.52. The normalized spacial score (nSPS) is 28.6. The minimum absolute atomic E-state index is 0.0974. The van der Waals surface area contributed by atoms with E-state index in [1.54, 1.807) is 20.0 Å². The van der Waals surface area contributed by atoms with Gasteiger partial charge < -0.3 is 30.2 Å². The highest BCUT2D eigenvalue weighted by Gasteiger charge is 2.38. The van der Waals surface area contributed by atoms with Crippen molar-refractivity contribution < 1.29 is 24.4 Å². The fourth-order valence-corrected chi connectivity index (χ4v) is 5.16. The Morgan fingerprint density at radius 3 is 2.57 bits per heavy atom. The summed E-state index contributed by atoms with van der Waals surface area (Å²) < 4.78 is 20.0. The molecule has 2 aromatic rings. The van der Waals surface area contributed by atoms with E-state index in [9.17, 15) is 24.6 Å². The fraction of sp³-hybridized carbons (Fsp3) is 0.619. The number of aryl methyl sites for hydroxylation is 2. The minimum atomic E-state index is -0.825. The molecule has 5 N–H and O–H groups in total. The highest BCUT2D eigenvalue weighted by Crippen LogP contribution is 2.36. The van der Waals surface area contributed by atoms with Crippen LogP contribution in [0.25, 0.3) is 0 Å². The zero-order valence-corrected chi connectivity index (χ0v) is 20.1. The monoisotopic (exact) mass is 511 g/mol. The number of H-pyrrole nitrogens is 1. The second-order valence-electron chi connectivity index (χ2n) is 8.65. The van der Waals surface area contributed by atoms with Gasteiger partial charge in [-0.1, -0.05) is 0 Å². The summed E-state index contributed by atoms with van der Waals surface area (Å²) in [6, 6.07) is 0. The third-order valence-corrected chi connectivity index (χ3v) is 7.38. The van der Waals surface area contributed by atoms with E-state index in [1.807, 2.05) is 0 Å². The van der Waals surface area contributed by atoms with E-state index >= 15 is 0 Å². The van der Waals surface area contributed by atoms with Crippen LogP contribution in [0.1, 0.15) is 36.4 Å². The molecule has 0 amide bonds. The van der Waals surface area contributed by atoms with Crippen LogP contribution in [0.5, 0.6) is 0 Å². The Morgan fingerprint density at radius 2 is 1.83 bits per heavy atom. The Balaban J connectivity index is 1.30. The molecule has 2 saturated heterocycles. The Morgan fingerprint density at radius 1 is 1.14 bits per heavy atom. The molecule has 2 aliphatic rings. The van der Waals surface area contributed by atoms with Crippen LogP contribution in [0.15, 0.2) is 26.8 Å². The van der Waals surface area contributed by atoms with Crippen molar-refractivity contribution in [3.05, 3.63) is 54.8 Å². The topological polar surface area (TPSA) is 184 Å². The van der Waals surface area contributed by atoms with E-state index in [0.29, 0.717) is 17.5 Å². The molecule has 4 rings (SSSR count). The van der Waals surface area contributed by atoms with Gasteiger partial charge in [0.05, 0.1) is 31.4 Å². The molecule has 13 nitrogen and oxygen atoms in total. The zero-order valence-electron chi connectivity index (χ0n) is 19.3. The van der Waals surface area contributed by atoms with Gasteiger partial charge in [-0.2, -0.15) is 4.98 Å². The van der Waals surface area contributed by atoms with Crippen molar-refractivity contribution in [2.75, 3.05) is 24.9 Å². The second-order valence-corrected chi connectivity index (χ2v) is 9.83. The smallest absolute Gasteiger partial charge is 0.351 e. The number of nitrogens with zero attached hydrogens (tertiary/aromatic N) is 3. The van der Waals surface area contributed by atoms with E-state index in [4.69, 9.17) is 19.9 Å². The lowest BCUT2D eigenvalue weighted by Crippen LogP contribution is -2.33. The number of aromatic amines is 1. The van der Waals surface area contributed by atoms with E-state index in [1.165, 1.54) is 27.1 Å². The Bertz CT molecular complexity index is 1230. The van der Waals surface area contributed by atoms with E-state index in [0.717, 1.165) is 0 Å². The summed E-state index contributed by atoms with van der Waals surface area (Å²) in [7, 11) is 0. The summed E-state index contributed by atoms with van der Waals surface area (Å²) in [5, 5.41) is 19.9. The Hall–Kier alpha value is -2.49. The molecule has 0 aromatic carbocycles. The summed E-state index contributed by atoms with van der Waals surface area (Å²) >= 11 is 1.41. The van der Waals surface area contributed by atoms with Crippen molar-refractivity contribution >= 4 is 17.6 Å². The maximum atomic E-state index is 12.2. The Kier molecular flexibility index (Phi) is 7.78. The van der Waals surface area contributed by atoms with Crippen LogP contribution in [0.2, 0.25) is 0 Å². The Labute approximate surface area is 203 Å². The number of hydrogen-bond acceptors (Lipinski definition) is 11. The van der Waals surface area contributed by atoms with E-state index in [2.05, 4.69) is 9.97 Å².